The number of piperidine rings is 1. The maximum atomic E-state index is 12.7. The summed E-state index contributed by atoms with van der Waals surface area (Å²) in [4.78, 5) is 19.0. The van der Waals surface area contributed by atoms with Crippen molar-refractivity contribution >= 4 is 17.1 Å². The SMILES string of the molecule is O=C(NCc1ccc(Cn2cnc3ccccc32)cc1)N1CCC(C(O)c2ccccc2)CC1. The highest BCUT2D eigenvalue weighted by Crippen LogP contribution is 2.30. The molecule has 1 aliphatic rings. The second-order valence-electron chi connectivity index (χ2n) is 9.02. The smallest absolute Gasteiger partial charge is 0.317 e. The zero-order chi connectivity index (χ0) is 23.3. The van der Waals surface area contributed by atoms with Crippen LogP contribution in [0, 0.1) is 5.92 Å². The number of para-hydroxylation sites is 2. The first-order valence-electron chi connectivity index (χ1n) is 11.9. The van der Waals surface area contributed by atoms with E-state index in [9.17, 15) is 9.90 Å². The number of nitrogens with zero attached hydrogens (tertiary/aromatic N) is 3. The third-order valence-corrected chi connectivity index (χ3v) is 6.76. The Kier molecular flexibility index (Phi) is 6.58. The van der Waals surface area contributed by atoms with Crippen LogP contribution in [0.4, 0.5) is 4.79 Å². The summed E-state index contributed by atoms with van der Waals surface area (Å²) in [5.41, 5.74) is 5.34. The van der Waals surface area contributed by atoms with E-state index >= 15 is 0 Å². The van der Waals surface area contributed by atoms with E-state index in [-0.39, 0.29) is 11.9 Å². The van der Waals surface area contributed by atoms with Crippen LogP contribution in [-0.4, -0.2) is 38.7 Å². The minimum Gasteiger partial charge on any atom is -0.388 e. The number of benzene rings is 3. The summed E-state index contributed by atoms with van der Waals surface area (Å²) in [5.74, 6) is 0.187. The molecule has 1 atom stereocenters. The van der Waals surface area contributed by atoms with Gasteiger partial charge in [-0.15, -0.1) is 0 Å². The van der Waals surface area contributed by atoms with E-state index in [1.807, 2.05) is 59.8 Å². The lowest BCUT2D eigenvalue weighted by atomic mass is 9.87. The summed E-state index contributed by atoms with van der Waals surface area (Å²) in [6.07, 6.45) is 3.02. The van der Waals surface area contributed by atoms with E-state index < -0.39 is 6.10 Å². The highest BCUT2D eigenvalue weighted by atomic mass is 16.3. The van der Waals surface area contributed by atoms with Crippen molar-refractivity contribution < 1.29 is 9.90 Å². The van der Waals surface area contributed by atoms with Gasteiger partial charge in [-0.2, -0.15) is 0 Å². The molecular formula is C28H30N4O2. The van der Waals surface area contributed by atoms with Crippen molar-refractivity contribution in [2.45, 2.75) is 32.0 Å². The monoisotopic (exact) mass is 454 g/mol. The maximum Gasteiger partial charge on any atom is 0.317 e. The van der Waals surface area contributed by atoms with Crippen LogP contribution < -0.4 is 5.32 Å². The molecular weight excluding hydrogens is 424 g/mol. The fourth-order valence-corrected chi connectivity index (χ4v) is 4.73. The van der Waals surface area contributed by atoms with Crippen molar-refractivity contribution in [2.75, 3.05) is 13.1 Å². The first kappa shape index (κ1) is 22.2. The Morgan fingerprint density at radius 1 is 0.941 bits per heavy atom. The molecule has 6 heteroatoms. The summed E-state index contributed by atoms with van der Waals surface area (Å²) in [5, 5.41) is 13.7. The number of aromatic nitrogens is 2. The number of aliphatic hydroxyl groups is 1. The molecule has 0 saturated carbocycles. The van der Waals surface area contributed by atoms with Crippen molar-refractivity contribution in [1.82, 2.24) is 19.8 Å². The number of nitrogens with one attached hydrogen (secondary N) is 1. The molecule has 4 aromatic rings. The molecule has 34 heavy (non-hydrogen) atoms. The van der Waals surface area contributed by atoms with Crippen LogP contribution in [-0.2, 0) is 13.1 Å². The van der Waals surface area contributed by atoms with Gasteiger partial charge in [0, 0.05) is 26.2 Å². The van der Waals surface area contributed by atoms with Crippen molar-refractivity contribution in [2.24, 2.45) is 5.92 Å². The van der Waals surface area contributed by atoms with Crippen molar-refractivity contribution in [3.8, 4) is 0 Å². The molecule has 1 saturated heterocycles. The lowest BCUT2D eigenvalue weighted by molar-refractivity contribution is 0.0665. The van der Waals surface area contributed by atoms with Gasteiger partial charge in [0.05, 0.1) is 23.5 Å². The molecule has 1 aliphatic heterocycles. The Morgan fingerprint density at radius 2 is 1.62 bits per heavy atom. The average Bonchev–Trinajstić information content (AvgIpc) is 3.31. The van der Waals surface area contributed by atoms with E-state index in [1.54, 1.807) is 0 Å². The molecule has 0 bridgehead atoms. The standard InChI is InChI=1S/C28H30N4O2/c33-27(23-6-2-1-3-7-23)24-14-16-31(17-15-24)28(34)29-18-21-10-12-22(13-11-21)19-32-20-30-25-8-4-5-9-26(25)32/h1-13,20,24,27,33H,14-19H2,(H,29,34). The molecule has 5 rings (SSSR count). The van der Waals surface area contributed by atoms with Crippen LogP contribution in [0.1, 0.15) is 35.6 Å². The fraction of sp³-hybridized carbons (Fsp3) is 0.286. The van der Waals surface area contributed by atoms with Gasteiger partial charge in [0.15, 0.2) is 0 Å². The van der Waals surface area contributed by atoms with E-state index in [0.717, 1.165) is 41.5 Å². The number of rotatable bonds is 6. The van der Waals surface area contributed by atoms with Crippen LogP contribution in [0.25, 0.3) is 11.0 Å². The molecule has 2 N–H and O–H groups in total. The third-order valence-electron chi connectivity index (χ3n) is 6.76. The second kappa shape index (κ2) is 10.1. The number of hydrogen-bond donors (Lipinski definition) is 2. The summed E-state index contributed by atoms with van der Waals surface area (Å²) < 4.78 is 2.14. The van der Waals surface area contributed by atoms with E-state index in [1.165, 1.54) is 5.56 Å². The Bertz CT molecular complexity index is 1230. The van der Waals surface area contributed by atoms with Gasteiger partial charge in [-0.25, -0.2) is 9.78 Å². The van der Waals surface area contributed by atoms with Crippen LogP contribution in [0.15, 0.2) is 85.2 Å². The van der Waals surface area contributed by atoms with E-state index in [4.69, 9.17) is 0 Å². The largest absolute Gasteiger partial charge is 0.388 e. The zero-order valence-corrected chi connectivity index (χ0v) is 19.2. The molecule has 0 radical (unpaired) electrons. The molecule has 1 unspecified atom stereocenters. The third kappa shape index (κ3) is 4.97. The van der Waals surface area contributed by atoms with Gasteiger partial charge in [0.2, 0.25) is 0 Å². The van der Waals surface area contributed by atoms with Crippen LogP contribution in [0.3, 0.4) is 0 Å². The summed E-state index contributed by atoms with van der Waals surface area (Å²) >= 11 is 0. The molecule has 0 aliphatic carbocycles. The molecule has 1 aromatic heterocycles. The Morgan fingerprint density at radius 3 is 2.38 bits per heavy atom. The molecule has 1 fully saturated rings. The molecule has 3 aromatic carbocycles. The minimum absolute atomic E-state index is 0.0402. The summed E-state index contributed by atoms with van der Waals surface area (Å²) in [7, 11) is 0. The Hall–Kier alpha value is -3.64. The normalized spacial score (nSPS) is 15.4. The topological polar surface area (TPSA) is 70.4 Å². The number of likely N-dealkylation sites (tertiary alicyclic amines) is 1. The molecule has 174 valence electrons. The Labute approximate surface area is 199 Å². The maximum absolute atomic E-state index is 12.7. The second-order valence-corrected chi connectivity index (χ2v) is 9.02. The van der Waals surface area contributed by atoms with Gasteiger partial charge in [-0.1, -0.05) is 66.7 Å². The minimum atomic E-state index is -0.467. The first-order valence-corrected chi connectivity index (χ1v) is 11.9. The van der Waals surface area contributed by atoms with Crippen molar-refractivity contribution in [3.63, 3.8) is 0 Å². The Balaban J connectivity index is 1.10. The average molecular weight is 455 g/mol. The fourth-order valence-electron chi connectivity index (χ4n) is 4.73. The van der Waals surface area contributed by atoms with Crippen molar-refractivity contribution in [3.05, 3.63) is 102 Å². The van der Waals surface area contributed by atoms with Gasteiger partial charge in [-0.05, 0) is 47.6 Å². The molecule has 2 heterocycles. The zero-order valence-electron chi connectivity index (χ0n) is 19.2. The lowest BCUT2D eigenvalue weighted by Gasteiger charge is -2.34. The van der Waals surface area contributed by atoms with Crippen molar-refractivity contribution in [1.29, 1.82) is 0 Å². The number of amides is 2. The number of hydrogen-bond acceptors (Lipinski definition) is 3. The number of carbonyl (C=O) groups excluding carboxylic acids is 1. The number of carbonyl (C=O) groups is 1. The van der Waals surface area contributed by atoms with Crippen LogP contribution in [0.5, 0.6) is 0 Å². The number of imidazole rings is 1. The molecule has 0 spiro atoms. The van der Waals surface area contributed by atoms with Gasteiger partial charge < -0.3 is 19.9 Å². The summed E-state index contributed by atoms with van der Waals surface area (Å²) in [6, 6.07) is 26.2. The highest BCUT2D eigenvalue weighted by molar-refractivity contribution is 5.75. The predicted molar refractivity (Wildman–Crippen MR) is 133 cm³/mol. The predicted octanol–water partition coefficient (Wildman–Crippen LogP) is 4.74. The first-order chi connectivity index (χ1) is 16.7. The van der Waals surface area contributed by atoms with E-state index in [0.29, 0.717) is 19.6 Å². The van der Waals surface area contributed by atoms with Gasteiger partial charge in [0.1, 0.15) is 0 Å². The quantitative estimate of drug-likeness (QED) is 0.442. The van der Waals surface area contributed by atoms with E-state index in [2.05, 4.69) is 45.2 Å². The van der Waals surface area contributed by atoms with Crippen LogP contribution >= 0.6 is 0 Å². The van der Waals surface area contributed by atoms with Crippen LogP contribution in [0.2, 0.25) is 0 Å². The molecule has 2 amide bonds. The summed E-state index contributed by atoms with van der Waals surface area (Å²) in [6.45, 7) is 2.59. The van der Waals surface area contributed by atoms with Gasteiger partial charge >= 0.3 is 6.03 Å². The van der Waals surface area contributed by atoms with Gasteiger partial charge in [0.25, 0.3) is 0 Å². The lowest BCUT2D eigenvalue weighted by Crippen LogP contribution is -2.44. The number of fused-ring (bicyclic) bond motifs is 1. The number of urea groups is 1. The molecule has 6 nitrogen and oxygen atoms in total. The van der Waals surface area contributed by atoms with Gasteiger partial charge in [-0.3, -0.25) is 0 Å². The number of aliphatic hydroxyl groups excluding tert-OH is 1. The highest BCUT2D eigenvalue weighted by Gasteiger charge is 2.28.